The van der Waals surface area contributed by atoms with Crippen molar-refractivity contribution in [1.82, 2.24) is 0 Å². The van der Waals surface area contributed by atoms with Gasteiger partial charge in [-0.05, 0) is 41.8 Å². The second-order valence-corrected chi connectivity index (χ2v) is 5.41. The van der Waals surface area contributed by atoms with Crippen LogP contribution in [0.15, 0.2) is 53.0 Å². The first-order chi connectivity index (χ1) is 9.19. The Morgan fingerprint density at radius 2 is 1.68 bits per heavy atom. The SMILES string of the molecule is CC[C@H](N)c1ccc(OCc2ccc(Br)cc2)cc1. The molecule has 0 bridgehead atoms. The van der Waals surface area contributed by atoms with Crippen LogP contribution in [0, 0.1) is 0 Å². The summed E-state index contributed by atoms with van der Waals surface area (Å²) in [6.07, 6.45) is 0.944. The third-order valence-electron chi connectivity index (χ3n) is 3.07. The highest BCUT2D eigenvalue weighted by atomic mass is 79.9. The molecule has 2 aromatic carbocycles. The molecule has 1 atom stereocenters. The minimum Gasteiger partial charge on any atom is -0.489 e. The fraction of sp³-hybridized carbons (Fsp3) is 0.250. The molecule has 0 heterocycles. The predicted molar refractivity (Wildman–Crippen MR) is 82.1 cm³/mol. The van der Waals surface area contributed by atoms with Gasteiger partial charge >= 0.3 is 0 Å². The summed E-state index contributed by atoms with van der Waals surface area (Å²) < 4.78 is 6.82. The summed E-state index contributed by atoms with van der Waals surface area (Å²) in [6.45, 7) is 2.66. The van der Waals surface area contributed by atoms with Gasteiger partial charge in [0.1, 0.15) is 12.4 Å². The lowest BCUT2D eigenvalue weighted by molar-refractivity contribution is 0.306. The molecule has 19 heavy (non-hydrogen) atoms. The Morgan fingerprint density at radius 1 is 1.05 bits per heavy atom. The van der Waals surface area contributed by atoms with Gasteiger partial charge in [-0.1, -0.05) is 47.1 Å². The number of benzene rings is 2. The van der Waals surface area contributed by atoms with Crippen molar-refractivity contribution in [3.05, 3.63) is 64.1 Å². The van der Waals surface area contributed by atoms with Crippen molar-refractivity contribution in [2.75, 3.05) is 0 Å². The van der Waals surface area contributed by atoms with Crippen molar-refractivity contribution in [3.8, 4) is 5.75 Å². The zero-order chi connectivity index (χ0) is 13.7. The number of hydrogen-bond acceptors (Lipinski definition) is 2. The van der Waals surface area contributed by atoms with E-state index in [4.69, 9.17) is 10.5 Å². The molecule has 0 spiro atoms. The summed E-state index contributed by atoms with van der Waals surface area (Å²) in [5.41, 5.74) is 8.28. The molecule has 3 heteroatoms. The second-order valence-electron chi connectivity index (χ2n) is 4.50. The Labute approximate surface area is 122 Å². The van der Waals surface area contributed by atoms with Crippen molar-refractivity contribution in [3.63, 3.8) is 0 Å². The van der Waals surface area contributed by atoms with Gasteiger partial charge in [-0.25, -0.2) is 0 Å². The van der Waals surface area contributed by atoms with E-state index in [1.54, 1.807) is 0 Å². The maximum Gasteiger partial charge on any atom is 0.119 e. The van der Waals surface area contributed by atoms with Gasteiger partial charge in [0.05, 0.1) is 0 Å². The second kappa shape index (κ2) is 6.73. The third-order valence-corrected chi connectivity index (χ3v) is 3.60. The third kappa shape index (κ3) is 4.08. The van der Waals surface area contributed by atoms with Crippen molar-refractivity contribution >= 4 is 15.9 Å². The molecule has 2 aromatic rings. The standard InChI is InChI=1S/C16H18BrNO/c1-2-16(18)13-5-9-15(10-6-13)19-11-12-3-7-14(17)8-4-12/h3-10,16H,2,11,18H2,1H3/t16-/m0/s1. The van der Waals surface area contributed by atoms with Gasteiger partial charge in [0, 0.05) is 10.5 Å². The Bertz CT molecular complexity index is 507. The Balaban J connectivity index is 1.94. The Kier molecular flexibility index (Phi) is 5.00. The molecule has 2 N–H and O–H groups in total. The lowest BCUT2D eigenvalue weighted by Gasteiger charge is -2.11. The van der Waals surface area contributed by atoms with E-state index < -0.39 is 0 Å². The lowest BCUT2D eigenvalue weighted by atomic mass is 10.1. The van der Waals surface area contributed by atoms with E-state index in [1.807, 2.05) is 48.5 Å². The van der Waals surface area contributed by atoms with Gasteiger partial charge in [0.2, 0.25) is 0 Å². The molecule has 0 aliphatic heterocycles. The molecule has 0 saturated heterocycles. The number of nitrogens with two attached hydrogens (primary N) is 1. The molecule has 0 fully saturated rings. The number of ether oxygens (including phenoxy) is 1. The molecule has 2 nitrogen and oxygen atoms in total. The van der Waals surface area contributed by atoms with Crippen LogP contribution in [0.3, 0.4) is 0 Å². The summed E-state index contributed by atoms with van der Waals surface area (Å²) in [6, 6.07) is 16.3. The van der Waals surface area contributed by atoms with Gasteiger partial charge in [0.25, 0.3) is 0 Å². The van der Waals surface area contributed by atoms with Crippen LogP contribution in [-0.2, 0) is 6.61 Å². The van der Waals surface area contributed by atoms with E-state index >= 15 is 0 Å². The highest BCUT2D eigenvalue weighted by Crippen LogP contribution is 2.19. The summed E-state index contributed by atoms with van der Waals surface area (Å²) in [4.78, 5) is 0. The van der Waals surface area contributed by atoms with Gasteiger partial charge in [-0.3, -0.25) is 0 Å². The van der Waals surface area contributed by atoms with E-state index in [2.05, 4.69) is 22.9 Å². The zero-order valence-electron chi connectivity index (χ0n) is 11.0. The normalized spacial score (nSPS) is 12.2. The van der Waals surface area contributed by atoms with Crippen LogP contribution < -0.4 is 10.5 Å². The van der Waals surface area contributed by atoms with Crippen molar-refractivity contribution in [2.45, 2.75) is 26.0 Å². The summed E-state index contributed by atoms with van der Waals surface area (Å²) in [7, 11) is 0. The van der Waals surface area contributed by atoms with Gasteiger partial charge < -0.3 is 10.5 Å². The molecule has 0 saturated carbocycles. The van der Waals surface area contributed by atoms with E-state index in [0.717, 1.165) is 27.8 Å². The quantitative estimate of drug-likeness (QED) is 0.884. The fourth-order valence-electron chi connectivity index (χ4n) is 1.79. The van der Waals surface area contributed by atoms with Gasteiger partial charge in [-0.15, -0.1) is 0 Å². The van der Waals surface area contributed by atoms with Crippen LogP contribution in [-0.4, -0.2) is 0 Å². The average Bonchev–Trinajstić information content (AvgIpc) is 2.46. The monoisotopic (exact) mass is 319 g/mol. The number of hydrogen-bond donors (Lipinski definition) is 1. The predicted octanol–water partition coefficient (Wildman–Crippen LogP) is 4.44. The molecule has 0 amide bonds. The zero-order valence-corrected chi connectivity index (χ0v) is 12.6. The van der Waals surface area contributed by atoms with E-state index in [1.165, 1.54) is 0 Å². The highest BCUT2D eigenvalue weighted by Gasteiger charge is 2.03. The fourth-order valence-corrected chi connectivity index (χ4v) is 2.06. The van der Waals surface area contributed by atoms with Crippen molar-refractivity contribution in [2.24, 2.45) is 5.73 Å². The smallest absolute Gasteiger partial charge is 0.119 e. The van der Waals surface area contributed by atoms with Gasteiger partial charge in [-0.2, -0.15) is 0 Å². The molecule has 0 aliphatic rings. The average molecular weight is 320 g/mol. The summed E-state index contributed by atoms with van der Waals surface area (Å²) >= 11 is 3.42. The van der Waals surface area contributed by atoms with E-state index in [9.17, 15) is 0 Å². The Hall–Kier alpha value is -1.32. The molecule has 0 aliphatic carbocycles. The first-order valence-electron chi connectivity index (χ1n) is 6.42. The van der Waals surface area contributed by atoms with Gasteiger partial charge in [0.15, 0.2) is 0 Å². The maximum absolute atomic E-state index is 5.98. The van der Waals surface area contributed by atoms with Crippen LogP contribution in [0.2, 0.25) is 0 Å². The minimum absolute atomic E-state index is 0.112. The molecular weight excluding hydrogens is 302 g/mol. The highest BCUT2D eigenvalue weighted by molar-refractivity contribution is 9.10. The summed E-state index contributed by atoms with van der Waals surface area (Å²) in [5.74, 6) is 0.870. The van der Waals surface area contributed by atoms with Crippen molar-refractivity contribution in [1.29, 1.82) is 0 Å². The minimum atomic E-state index is 0.112. The van der Waals surface area contributed by atoms with Crippen LogP contribution in [0.25, 0.3) is 0 Å². The molecule has 0 radical (unpaired) electrons. The van der Waals surface area contributed by atoms with Crippen LogP contribution >= 0.6 is 15.9 Å². The molecule has 0 unspecified atom stereocenters. The van der Waals surface area contributed by atoms with E-state index in [0.29, 0.717) is 6.61 Å². The first kappa shape index (κ1) is 14.1. The van der Waals surface area contributed by atoms with E-state index in [-0.39, 0.29) is 6.04 Å². The Morgan fingerprint density at radius 3 is 2.26 bits per heavy atom. The molecule has 2 rings (SSSR count). The number of rotatable bonds is 5. The molecular formula is C16H18BrNO. The maximum atomic E-state index is 5.98. The number of halogens is 1. The lowest BCUT2D eigenvalue weighted by Crippen LogP contribution is -2.08. The largest absolute Gasteiger partial charge is 0.489 e. The van der Waals surface area contributed by atoms with Crippen LogP contribution in [0.4, 0.5) is 0 Å². The van der Waals surface area contributed by atoms with Crippen LogP contribution in [0.5, 0.6) is 5.75 Å². The summed E-state index contributed by atoms with van der Waals surface area (Å²) in [5, 5.41) is 0. The molecule has 100 valence electrons. The van der Waals surface area contributed by atoms with Crippen LogP contribution in [0.1, 0.15) is 30.5 Å². The first-order valence-corrected chi connectivity index (χ1v) is 7.21. The molecule has 0 aromatic heterocycles. The topological polar surface area (TPSA) is 35.2 Å². The van der Waals surface area contributed by atoms with Crippen molar-refractivity contribution < 1.29 is 4.74 Å².